The van der Waals surface area contributed by atoms with Gasteiger partial charge in [0.1, 0.15) is 0 Å². The fourth-order valence-electron chi connectivity index (χ4n) is 3.02. The molecule has 0 fully saturated rings. The Hall–Kier alpha value is -1.93. The molecule has 2 rings (SSSR count). The molecule has 0 saturated carbocycles. The van der Waals surface area contributed by atoms with E-state index in [2.05, 4.69) is 57.1 Å². The van der Waals surface area contributed by atoms with Crippen LogP contribution >= 0.6 is 11.6 Å². The lowest BCUT2D eigenvalue weighted by Crippen LogP contribution is -2.19. The maximum absolute atomic E-state index is 7.92. The summed E-state index contributed by atoms with van der Waals surface area (Å²) in [4.78, 5) is 4.47. The van der Waals surface area contributed by atoms with Gasteiger partial charge < -0.3 is 0 Å². The third-order valence-electron chi connectivity index (χ3n) is 4.79. The van der Waals surface area contributed by atoms with Crippen LogP contribution < -0.4 is 0 Å². The summed E-state index contributed by atoms with van der Waals surface area (Å²) in [5, 5.41) is 8.47. The number of nitrogens with zero attached hydrogens (tertiary/aromatic N) is 1. The van der Waals surface area contributed by atoms with Crippen molar-refractivity contribution in [1.82, 2.24) is 0 Å². The molecule has 2 unspecified atom stereocenters. The molecule has 0 aromatic carbocycles. The van der Waals surface area contributed by atoms with Gasteiger partial charge in [0, 0.05) is 17.2 Å². The van der Waals surface area contributed by atoms with Crippen LogP contribution in [0.15, 0.2) is 76.5 Å². The van der Waals surface area contributed by atoms with E-state index in [-0.39, 0.29) is 5.41 Å². The average Bonchev–Trinajstić information content (AvgIpc) is 2.52. The van der Waals surface area contributed by atoms with Crippen molar-refractivity contribution in [1.29, 1.82) is 5.41 Å². The molecular weight excluding hydrogens is 328 g/mol. The van der Waals surface area contributed by atoms with Gasteiger partial charge in [-0.1, -0.05) is 62.4 Å². The number of halogens is 1. The maximum atomic E-state index is 7.92. The van der Waals surface area contributed by atoms with E-state index in [9.17, 15) is 0 Å². The van der Waals surface area contributed by atoms with Gasteiger partial charge in [-0.3, -0.25) is 10.4 Å². The quantitative estimate of drug-likeness (QED) is 0.415. The van der Waals surface area contributed by atoms with Crippen molar-refractivity contribution < 1.29 is 0 Å². The number of nitrogens with one attached hydrogen (secondary N) is 1. The Morgan fingerprint density at radius 3 is 2.64 bits per heavy atom. The topological polar surface area (TPSA) is 36.2 Å². The lowest BCUT2D eigenvalue weighted by molar-refractivity contribution is 0.342. The van der Waals surface area contributed by atoms with Gasteiger partial charge >= 0.3 is 0 Å². The highest BCUT2D eigenvalue weighted by Crippen LogP contribution is 2.38. The monoisotopic (exact) mass is 354 g/mol. The van der Waals surface area contributed by atoms with Gasteiger partial charge in [-0.15, -0.1) is 0 Å². The molecular formula is C22H27ClN2. The van der Waals surface area contributed by atoms with Gasteiger partial charge in [0.05, 0.1) is 11.4 Å². The first kappa shape index (κ1) is 19.4. The van der Waals surface area contributed by atoms with Crippen molar-refractivity contribution >= 4 is 23.0 Å². The fourth-order valence-corrected chi connectivity index (χ4v) is 3.19. The molecule has 0 aromatic heterocycles. The zero-order valence-corrected chi connectivity index (χ0v) is 16.2. The number of rotatable bonds is 6. The van der Waals surface area contributed by atoms with Crippen LogP contribution in [0.25, 0.3) is 0 Å². The molecule has 0 heterocycles. The Balaban J connectivity index is 1.96. The largest absolute Gasteiger partial charge is 0.299 e. The molecule has 0 aliphatic heterocycles. The van der Waals surface area contributed by atoms with Gasteiger partial charge in [-0.05, 0) is 54.9 Å². The summed E-state index contributed by atoms with van der Waals surface area (Å²) in [6.45, 7) is 14.8. The first-order valence-corrected chi connectivity index (χ1v) is 9.01. The van der Waals surface area contributed by atoms with E-state index in [0.29, 0.717) is 28.8 Å². The minimum atomic E-state index is 0.185. The van der Waals surface area contributed by atoms with Crippen molar-refractivity contribution in [3.8, 4) is 0 Å². The minimum Gasteiger partial charge on any atom is -0.299 e. The second kappa shape index (κ2) is 7.97. The lowest BCUT2D eigenvalue weighted by Gasteiger charge is -2.31. The van der Waals surface area contributed by atoms with Crippen molar-refractivity contribution in [2.24, 2.45) is 16.3 Å². The summed E-state index contributed by atoms with van der Waals surface area (Å²) in [7, 11) is 0. The molecule has 0 spiro atoms. The summed E-state index contributed by atoms with van der Waals surface area (Å²) < 4.78 is 0. The molecule has 2 atom stereocenters. The van der Waals surface area contributed by atoms with Crippen LogP contribution in [-0.2, 0) is 0 Å². The smallest absolute Gasteiger partial charge is 0.0883 e. The van der Waals surface area contributed by atoms with Gasteiger partial charge in [0.15, 0.2) is 0 Å². The highest BCUT2D eigenvalue weighted by atomic mass is 35.5. The van der Waals surface area contributed by atoms with Crippen molar-refractivity contribution in [2.75, 3.05) is 0 Å². The molecule has 3 heteroatoms. The molecule has 2 nitrogen and oxygen atoms in total. The molecule has 0 amide bonds. The highest BCUT2D eigenvalue weighted by molar-refractivity contribution is 6.52. The second-order valence-electron chi connectivity index (χ2n) is 7.44. The van der Waals surface area contributed by atoms with E-state index in [0.717, 1.165) is 18.5 Å². The normalized spacial score (nSPS) is 25.6. The molecule has 0 radical (unpaired) electrons. The van der Waals surface area contributed by atoms with E-state index in [1.165, 1.54) is 11.1 Å². The molecule has 1 N–H and O–H groups in total. The zero-order valence-electron chi connectivity index (χ0n) is 15.4. The van der Waals surface area contributed by atoms with E-state index in [1.807, 2.05) is 0 Å². The molecule has 0 saturated heterocycles. The average molecular weight is 355 g/mol. The summed E-state index contributed by atoms with van der Waals surface area (Å²) in [5.41, 5.74) is 4.34. The second-order valence-corrected chi connectivity index (χ2v) is 7.87. The Morgan fingerprint density at radius 2 is 2.08 bits per heavy atom. The van der Waals surface area contributed by atoms with E-state index in [1.54, 1.807) is 18.2 Å². The van der Waals surface area contributed by atoms with Crippen LogP contribution in [0.4, 0.5) is 0 Å². The predicted molar refractivity (Wildman–Crippen MR) is 111 cm³/mol. The third kappa shape index (κ3) is 5.54. The van der Waals surface area contributed by atoms with Crippen molar-refractivity contribution in [3.63, 3.8) is 0 Å². The Labute approximate surface area is 156 Å². The van der Waals surface area contributed by atoms with Crippen LogP contribution in [-0.4, -0.2) is 11.4 Å². The summed E-state index contributed by atoms with van der Waals surface area (Å²) >= 11 is 5.88. The van der Waals surface area contributed by atoms with Crippen molar-refractivity contribution in [2.45, 2.75) is 40.0 Å². The van der Waals surface area contributed by atoms with Gasteiger partial charge in [-0.25, -0.2) is 0 Å². The molecule has 25 heavy (non-hydrogen) atoms. The van der Waals surface area contributed by atoms with Gasteiger partial charge in [0.25, 0.3) is 0 Å². The van der Waals surface area contributed by atoms with Crippen LogP contribution in [0.3, 0.4) is 0 Å². The van der Waals surface area contributed by atoms with Crippen LogP contribution in [0.5, 0.6) is 0 Å². The standard InChI is InChI=1S/C22H27ClN2/c1-15(2)16(3)14-22(5)10-8-18(9-11-22)12-17(4)25-21-7-6-19(23)13-20(21)24/h6-10,13,16,24H,1,4,11-12,14H2,2-3,5H3/b24-20?,25-21-. The Morgan fingerprint density at radius 1 is 1.36 bits per heavy atom. The minimum absolute atomic E-state index is 0.185. The molecule has 0 bridgehead atoms. The first-order chi connectivity index (χ1) is 11.7. The fraction of sp³-hybridized carbons (Fsp3) is 0.364. The van der Waals surface area contributed by atoms with E-state index >= 15 is 0 Å². The summed E-state index contributed by atoms with van der Waals surface area (Å²) in [5.74, 6) is 0.523. The number of hydrogen-bond donors (Lipinski definition) is 1. The first-order valence-electron chi connectivity index (χ1n) is 8.63. The molecule has 2 aliphatic carbocycles. The summed E-state index contributed by atoms with van der Waals surface area (Å²) in [6, 6.07) is 0. The number of allylic oxidation sites excluding steroid dienone is 9. The van der Waals surface area contributed by atoms with Crippen LogP contribution in [0.1, 0.15) is 40.0 Å². The highest BCUT2D eigenvalue weighted by Gasteiger charge is 2.25. The molecule has 132 valence electrons. The van der Waals surface area contributed by atoms with Crippen molar-refractivity contribution in [3.05, 3.63) is 71.5 Å². The molecule has 0 aromatic rings. The number of aliphatic imine (C=N–C) groups is 1. The predicted octanol–water partition coefficient (Wildman–Crippen LogP) is 6.54. The Kier molecular flexibility index (Phi) is 6.18. The van der Waals surface area contributed by atoms with Gasteiger partial charge in [0.2, 0.25) is 0 Å². The lowest BCUT2D eigenvalue weighted by atomic mass is 9.74. The molecule has 2 aliphatic rings. The van der Waals surface area contributed by atoms with E-state index in [4.69, 9.17) is 17.0 Å². The SMILES string of the molecule is C=C(CC1=CCC(C)(CC(C)C(=C)C)C=C1)/N=C1/C=CC(Cl)=CC1=N. The van der Waals surface area contributed by atoms with Gasteiger partial charge in [-0.2, -0.15) is 0 Å². The van der Waals surface area contributed by atoms with Crippen LogP contribution in [0.2, 0.25) is 0 Å². The van der Waals surface area contributed by atoms with Crippen LogP contribution in [0, 0.1) is 16.7 Å². The third-order valence-corrected chi connectivity index (χ3v) is 5.02. The number of hydrogen-bond acceptors (Lipinski definition) is 2. The zero-order chi connectivity index (χ0) is 18.6. The maximum Gasteiger partial charge on any atom is 0.0883 e. The Bertz CT molecular complexity index is 746. The van der Waals surface area contributed by atoms with E-state index < -0.39 is 0 Å². The summed E-state index contributed by atoms with van der Waals surface area (Å²) in [6.07, 6.45) is 14.7.